The summed E-state index contributed by atoms with van der Waals surface area (Å²) in [5.41, 5.74) is 1.17. The molecule has 0 spiro atoms. The van der Waals surface area contributed by atoms with E-state index in [2.05, 4.69) is 60.4 Å². The molecule has 0 amide bonds. The lowest BCUT2D eigenvalue weighted by Gasteiger charge is -2.24. The Hall–Kier alpha value is -1.61. The molecule has 2 aromatic rings. The Morgan fingerprint density at radius 3 is 2.47 bits per heavy atom. The number of hydrogen-bond donors (Lipinski definition) is 0. The molecule has 2 rings (SSSR count). The van der Waals surface area contributed by atoms with Crippen molar-refractivity contribution >= 4 is 13.4 Å². The molecule has 0 saturated heterocycles. The number of allylic oxidation sites excluding steroid dienone is 1. The average Bonchev–Trinajstić information content (AvgIpc) is 2.79. The van der Waals surface area contributed by atoms with E-state index in [1.165, 1.54) is 16.2 Å². The number of nitrogens with zero attached hydrogens (tertiary/aromatic N) is 2. The maximum atomic E-state index is 4.30. The summed E-state index contributed by atoms with van der Waals surface area (Å²) in [6, 6.07) is 10.3. The summed E-state index contributed by atoms with van der Waals surface area (Å²) in [5.74, 6) is 0. The van der Waals surface area contributed by atoms with Crippen molar-refractivity contribution in [2.75, 3.05) is 0 Å². The fourth-order valence-corrected chi connectivity index (χ4v) is 3.39. The second kappa shape index (κ2) is 4.34. The number of para-hydroxylation sites is 1. The van der Waals surface area contributed by atoms with Crippen LogP contribution in [0.3, 0.4) is 0 Å². The van der Waals surface area contributed by atoms with Crippen molar-refractivity contribution in [3.05, 3.63) is 54.6 Å². The van der Waals surface area contributed by atoms with Gasteiger partial charge in [-0.1, -0.05) is 36.5 Å². The summed E-state index contributed by atoms with van der Waals surface area (Å²) < 4.78 is 2.18. The van der Waals surface area contributed by atoms with Crippen LogP contribution in [0.1, 0.15) is 6.92 Å². The molecule has 0 unspecified atom stereocenters. The SMILES string of the molecule is C=C(C)[Si](C)(C)c1cncn1-c1ccccc1. The Kier molecular flexibility index (Phi) is 3.02. The lowest BCUT2D eigenvalue weighted by atomic mass is 10.3. The van der Waals surface area contributed by atoms with Crippen molar-refractivity contribution in [2.45, 2.75) is 20.0 Å². The maximum absolute atomic E-state index is 4.30. The van der Waals surface area contributed by atoms with E-state index >= 15 is 0 Å². The minimum Gasteiger partial charge on any atom is -0.307 e. The van der Waals surface area contributed by atoms with Gasteiger partial charge in [-0.2, -0.15) is 0 Å². The van der Waals surface area contributed by atoms with Gasteiger partial charge in [0, 0.05) is 17.2 Å². The molecule has 0 saturated carbocycles. The molecule has 1 aromatic heterocycles. The molecule has 0 aliphatic carbocycles. The first kappa shape index (κ1) is 11.9. The molecule has 2 nitrogen and oxygen atoms in total. The summed E-state index contributed by atoms with van der Waals surface area (Å²) in [6.07, 6.45) is 3.87. The Bertz CT molecular complexity index is 526. The molecule has 0 N–H and O–H groups in total. The predicted octanol–water partition coefficient (Wildman–Crippen LogP) is 2.90. The van der Waals surface area contributed by atoms with E-state index in [-0.39, 0.29) is 0 Å². The molecule has 1 aromatic carbocycles. The quantitative estimate of drug-likeness (QED) is 0.757. The monoisotopic (exact) mass is 242 g/mol. The molecule has 88 valence electrons. The van der Waals surface area contributed by atoms with Crippen LogP contribution < -0.4 is 5.32 Å². The summed E-state index contributed by atoms with van der Waals surface area (Å²) in [5, 5.41) is 2.58. The Morgan fingerprint density at radius 2 is 1.88 bits per heavy atom. The molecule has 0 atom stereocenters. The lowest BCUT2D eigenvalue weighted by Crippen LogP contribution is -2.46. The van der Waals surface area contributed by atoms with Crippen LogP contribution in [-0.2, 0) is 0 Å². The van der Waals surface area contributed by atoms with Gasteiger partial charge >= 0.3 is 0 Å². The zero-order chi connectivity index (χ0) is 12.5. The van der Waals surface area contributed by atoms with E-state index in [0.717, 1.165) is 0 Å². The molecule has 0 radical (unpaired) electrons. The molecule has 1 heterocycles. The minimum atomic E-state index is -1.63. The smallest absolute Gasteiger partial charge is 0.130 e. The lowest BCUT2D eigenvalue weighted by molar-refractivity contribution is 1.08. The summed E-state index contributed by atoms with van der Waals surface area (Å²) in [4.78, 5) is 4.30. The molecule has 0 fully saturated rings. The maximum Gasteiger partial charge on any atom is 0.130 e. The first-order valence-electron chi connectivity index (χ1n) is 5.77. The van der Waals surface area contributed by atoms with Gasteiger partial charge in [0.15, 0.2) is 0 Å². The van der Waals surface area contributed by atoms with E-state index in [9.17, 15) is 0 Å². The fraction of sp³-hybridized carbons (Fsp3) is 0.214. The third kappa shape index (κ3) is 2.10. The Morgan fingerprint density at radius 1 is 1.24 bits per heavy atom. The zero-order valence-electron chi connectivity index (χ0n) is 10.6. The summed E-state index contributed by atoms with van der Waals surface area (Å²) >= 11 is 0. The van der Waals surface area contributed by atoms with Crippen LogP contribution in [0.15, 0.2) is 54.6 Å². The van der Waals surface area contributed by atoms with Crippen molar-refractivity contribution in [3.8, 4) is 5.69 Å². The zero-order valence-corrected chi connectivity index (χ0v) is 11.6. The third-order valence-corrected chi connectivity index (χ3v) is 7.16. The van der Waals surface area contributed by atoms with Crippen LogP contribution in [0.4, 0.5) is 0 Å². The standard InChI is InChI=1S/C14H18N2Si/c1-12(2)17(3,4)14-10-15-11-16(14)13-8-6-5-7-9-13/h5-11H,1H2,2-4H3. The van der Waals surface area contributed by atoms with E-state index < -0.39 is 8.07 Å². The highest BCUT2D eigenvalue weighted by Gasteiger charge is 2.28. The van der Waals surface area contributed by atoms with Crippen molar-refractivity contribution in [3.63, 3.8) is 0 Å². The number of aromatic nitrogens is 2. The fourth-order valence-electron chi connectivity index (χ4n) is 1.77. The second-order valence-corrected chi connectivity index (χ2v) is 9.51. The topological polar surface area (TPSA) is 17.8 Å². The highest BCUT2D eigenvalue weighted by atomic mass is 28.3. The second-order valence-electron chi connectivity index (χ2n) is 4.89. The highest BCUT2D eigenvalue weighted by Crippen LogP contribution is 2.15. The van der Waals surface area contributed by atoms with Crippen LogP contribution in [0.2, 0.25) is 13.1 Å². The molecular formula is C14H18N2Si. The van der Waals surface area contributed by atoms with Crippen LogP contribution in [0.25, 0.3) is 5.69 Å². The summed E-state index contributed by atoms with van der Waals surface area (Å²) in [7, 11) is -1.63. The number of rotatable bonds is 3. The van der Waals surface area contributed by atoms with Crippen molar-refractivity contribution in [1.82, 2.24) is 9.55 Å². The van der Waals surface area contributed by atoms with E-state index in [1.54, 1.807) is 0 Å². The van der Waals surface area contributed by atoms with Crippen LogP contribution in [0, 0.1) is 0 Å². The molecular weight excluding hydrogens is 224 g/mol. The van der Waals surface area contributed by atoms with Gasteiger partial charge in [0.2, 0.25) is 0 Å². The first-order valence-corrected chi connectivity index (χ1v) is 8.77. The molecule has 17 heavy (non-hydrogen) atoms. The van der Waals surface area contributed by atoms with E-state index in [1.807, 2.05) is 18.6 Å². The van der Waals surface area contributed by atoms with Gasteiger partial charge in [0.05, 0.1) is 6.33 Å². The van der Waals surface area contributed by atoms with E-state index in [0.29, 0.717) is 0 Å². The van der Waals surface area contributed by atoms with Gasteiger partial charge in [-0.25, -0.2) is 4.98 Å². The van der Waals surface area contributed by atoms with Crippen molar-refractivity contribution < 1.29 is 0 Å². The number of imidazole rings is 1. The van der Waals surface area contributed by atoms with Crippen molar-refractivity contribution in [1.29, 1.82) is 0 Å². The molecule has 3 heteroatoms. The van der Waals surface area contributed by atoms with Gasteiger partial charge < -0.3 is 4.57 Å². The molecule has 0 aliphatic heterocycles. The van der Waals surface area contributed by atoms with Gasteiger partial charge in [-0.05, 0) is 19.1 Å². The average molecular weight is 242 g/mol. The summed E-state index contributed by atoms with van der Waals surface area (Å²) in [6.45, 7) is 10.9. The number of benzene rings is 1. The largest absolute Gasteiger partial charge is 0.307 e. The minimum absolute atomic E-state index is 1.17. The normalized spacial score (nSPS) is 11.5. The molecule has 0 aliphatic rings. The van der Waals surface area contributed by atoms with Gasteiger partial charge in [0.1, 0.15) is 8.07 Å². The van der Waals surface area contributed by atoms with Gasteiger partial charge in [-0.15, -0.1) is 6.58 Å². The van der Waals surface area contributed by atoms with Gasteiger partial charge in [-0.3, -0.25) is 0 Å². The Labute approximate surface area is 104 Å². The first-order chi connectivity index (χ1) is 8.03. The van der Waals surface area contributed by atoms with Gasteiger partial charge in [0.25, 0.3) is 0 Å². The van der Waals surface area contributed by atoms with E-state index in [4.69, 9.17) is 0 Å². The van der Waals surface area contributed by atoms with Crippen LogP contribution in [0.5, 0.6) is 0 Å². The number of hydrogen-bond acceptors (Lipinski definition) is 1. The highest BCUT2D eigenvalue weighted by molar-refractivity contribution is 6.95. The predicted molar refractivity (Wildman–Crippen MR) is 75.5 cm³/mol. The van der Waals surface area contributed by atoms with Crippen LogP contribution >= 0.6 is 0 Å². The van der Waals surface area contributed by atoms with Crippen molar-refractivity contribution in [2.24, 2.45) is 0 Å². The molecule has 0 bridgehead atoms. The van der Waals surface area contributed by atoms with Crippen LogP contribution in [-0.4, -0.2) is 17.6 Å². The Balaban J connectivity index is 2.53. The third-order valence-electron chi connectivity index (χ3n) is 3.38.